The minimum Gasteiger partial charge on any atom is -0.326 e. The number of halogens is 2. The highest BCUT2D eigenvalue weighted by atomic mass is 35.5. The first-order valence-corrected chi connectivity index (χ1v) is 5.45. The third kappa shape index (κ3) is 1.84. The molecule has 0 bridgehead atoms. The minimum absolute atomic E-state index is 0.0193. The van der Waals surface area contributed by atoms with Crippen LogP contribution in [-0.4, -0.2) is 5.91 Å². The van der Waals surface area contributed by atoms with E-state index in [0.717, 1.165) is 11.3 Å². The molecule has 0 radical (unpaired) electrons. The van der Waals surface area contributed by atoms with E-state index in [-0.39, 0.29) is 11.3 Å². The molecule has 1 aromatic rings. The number of amides is 1. The van der Waals surface area contributed by atoms with Gasteiger partial charge < -0.3 is 5.32 Å². The SMILES string of the molecule is CC1(C)CC(=O)Nc2cc(Cl)c(Cl)cc21. The van der Waals surface area contributed by atoms with Gasteiger partial charge in [0.05, 0.1) is 10.0 Å². The topological polar surface area (TPSA) is 29.1 Å². The largest absolute Gasteiger partial charge is 0.326 e. The van der Waals surface area contributed by atoms with Crippen molar-refractivity contribution in [1.82, 2.24) is 0 Å². The zero-order valence-corrected chi connectivity index (χ0v) is 10.0. The minimum atomic E-state index is -0.189. The van der Waals surface area contributed by atoms with E-state index in [0.29, 0.717) is 16.5 Å². The van der Waals surface area contributed by atoms with Crippen molar-refractivity contribution in [3.63, 3.8) is 0 Å². The summed E-state index contributed by atoms with van der Waals surface area (Å²) in [6.45, 7) is 4.05. The van der Waals surface area contributed by atoms with Crippen molar-refractivity contribution >= 4 is 34.8 Å². The van der Waals surface area contributed by atoms with Crippen LogP contribution in [0.3, 0.4) is 0 Å². The molecular weight excluding hydrogens is 233 g/mol. The predicted molar refractivity (Wildman–Crippen MR) is 62.7 cm³/mol. The Morgan fingerprint density at radius 2 is 1.87 bits per heavy atom. The average molecular weight is 244 g/mol. The third-order valence-electron chi connectivity index (χ3n) is 2.67. The van der Waals surface area contributed by atoms with Crippen molar-refractivity contribution < 1.29 is 4.79 Å². The van der Waals surface area contributed by atoms with E-state index in [1.54, 1.807) is 6.07 Å². The summed E-state index contributed by atoms with van der Waals surface area (Å²) >= 11 is 11.9. The van der Waals surface area contributed by atoms with Gasteiger partial charge in [-0.05, 0) is 17.7 Å². The molecule has 1 amide bonds. The summed E-state index contributed by atoms with van der Waals surface area (Å²) in [6.07, 6.45) is 0.470. The van der Waals surface area contributed by atoms with E-state index in [2.05, 4.69) is 5.32 Å². The van der Waals surface area contributed by atoms with Crippen LogP contribution in [0.1, 0.15) is 25.8 Å². The summed E-state index contributed by atoms with van der Waals surface area (Å²) in [5, 5.41) is 3.80. The lowest BCUT2D eigenvalue weighted by Crippen LogP contribution is -2.32. The lowest BCUT2D eigenvalue weighted by molar-refractivity contribution is -0.117. The molecule has 1 heterocycles. The van der Waals surface area contributed by atoms with E-state index >= 15 is 0 Å². The molecule has 1 N–H and O–H groups in total. The Balaban J connectivity index is 2.62. The van der Waals surface area contributed by atoms with Gasteiger partial charge in [0.25, 0.3) is 0 Å². The van der Waals surface area contributed by atoms with Gasteiger partial charge in [0.1, 0.15) is 0 Å². The number of benzene rings is 1. The summed E-state index contributed by atoms with van der Waals surface area (Å²) in [6, 6.07) is 3.54. The van der Waals surface area contributed by atoms with Crippen LogP contribution in [0.25, 0.3) is 0 Å². The molecule has 0 unspecified atom stereocenters. The summed E-state index contributed by atoms with van der Waals surface area (Å²) < 4.78 is 0. The fraction of sp³-hybridized carbons (Fsp3) is 0.364. The van der Waals surface area contributed by atoms with Crippen molar-refractivity contribution in [2.24, 2.45) is 0 Å². The number of anilines is 1. The molecule has 15 heavy (non-hydrogen) atoms. The molecule has 1 aliphatic rings. The van der Waals surface area contributed by atoms with Crippen LogP contribution in [0.4, 0.5) is 5.69 Å². The van der Waals surface area contributed by atoms with Gasteiger partial charge in [-0.2, -0.15) is 0 Å². The van der Waals surface area contributed by atoms with Crippen LogP contribution in [0.2, 0.25) is 10.0 Å². The zero-order valence-electron chi connectivity index (χ0n) is 8.53. The molecular formula is C11H11Cl2NO. The number of carbonyl (C=O) groups is 1. The Labute approximate surface area is 98.6 Å². The van der Waals surface area contributed by atoms with Crippen molar-refractivity contribution in [2.75, 3.05) is 5.32 Å². The van der Waals surface area contributed by atoms with Gasteiger partial charge >= 0.3 is 0 Å². The molecule has 0 saturated heterocycles. The standard InChI is InChI=1S/C11H11Cl2NO/c1-11(2)5-10(15)14-9-4-8(13)7(12)3-6(9)11/h3-4H,5H2,1-2H3,(H,14,15). The fourth-order valence-electron chi connectivity index (χ4n) is 1.90. The lowest BCUT2D eigenvalue weighted by atomic mass is 9.78. The summed E-state index contributed by atoms with van der Waals surface area (Å²) in [7, 11) is 0. The highest BCUT2D eigenvalue weighted by Gasteiger charge is 2.32. The van der Waals surface area contributed by atoms with Crippen LogP contribution < -0.4 is 5.32 Å². The monoisotopic (exact) mass is 243 g/mol. The second-order valence-corrected chi connectivity index (χ2v) is 5.24. The Bertz CT molecular complexity index is 440. The normalized spacial score (nSPS) is 18.3. The zero-order chi connectivity index (χ0) is 11.2. The van der Waals surface area contributed by atoms with E-state index in [4.69, 9.17) is 23.2 Å². The Hall–Kier alpha value is -0.730. The van der Waals surface area contributed by atoms with Crippen LogP contribution in [-0.2, 0) is 10.2 Å². The van der Waals surface area contributed by atoms with E-state index < -0.39 is 0 Å². The first kappa shape index (κ1) is 10.8. The highest BCUT2D eigenvalue weighted by molar-refractivity contribution is 6.42. The summed E-state index contributed by atoms with van der Waals surface area (Å²) in [4.78, 5) is 11.5. The number of rotatable bonds is 0. The van der Waals surface area contributed by atoms with Crippen LogP contribution in [0.15, 0.2) is 12.1 Å². The smallest absolute Gasteiger partial charge is 0.225 e. The van der Waals surface area contributed by atoms with Crippen molar-refractivity contribution in [3.05, 3.63) is 27.7 Å². The lowest BCUT2D eigenvalue weighted by Gasteiger charge is -2.32. The quantitative estimate of drug-likeness (QED) is 0.742. The number of hydrogen-bond donors (Lipinski definition) is 1. The first-order valence-electron chi connectivity index (χ1n) is 4.69. The number of fused-ring (bicyclic) bond motifs is 1. The molecule has 2 rings (SSSR count). The van der Waals surface area contributed by atoms with Crippen LogP contribution >= 0.6 is 23.2 Å². The molecule has 2 nitrogen and oxygen atoms in total. The molecule has 0 fully saturated rings. The molecule has 1 aromatic carbocycles. The molecule has 0 atom stereocenters. The average Bonchev–Trinajstić information content (AvgIpc) is 2.07. The number of hydrogen-bond acceptors (Lipinski definition) is 1. The molecule has 4 heteroatoms. The third-order valence-corrected chi connectivity index (χ3v) is 3.39. The van der Waals surface area contributed by atoms with Crippen molar-refractivity contribution in [1.29, 1.82) is 0 Å². The van der Waals surface area contributed by atoms with Crippen molar-refractivity contribution in [2.45, 2.75) is 25.7 Å². The fourth-order valence-corrected chi connectivity index (χ4v) is 2.23. The van der Waals surface area contributed by atoms with Gasteiger partial charge in [-0.15, -0.1) is 0 Å². The molecule has 1 aliphatic heterocycles. The number of carbonyl (C=O) groups excluding carboxylic acids is 1. The molecule has 0 aromatic heterocycles. The maximum Gasteiger partial charge on any atom is 0.225 e. The van der Waals surface area contributed by atoms with Gasteiger partial charge in [0.2, 0.25) is 5.91 Å². The predicted octanol–water partition coefficient (Wildman–Crippen LogP) is 3.61. The van der Waals surface area contributed by atoms with Crippen molar-refractivity contribution in [3.8, 4) is 0 Å². The second kappa shape index (κ2) is 3.39. The van der Waals surface area contributed by atoms with Gasteiger partial charge in [-0.3, -0.25) is 4.79 Å². The second-order valence-electron chi connectivity index (χ2n) is 4.42. The molecule has 80 valence electrons. The highest BCUT2D eigenvalue weighted by Crippen LogP contribution is 2.40. The van der Waals surface area contributed by atoms with Crippen LogP contribution in [0.5, 0.6) is 0 Å². The van der Waals surface area contributed by atoms with Gasteiger partial charge in [-0.25, -0.2) is 0 Å². The number of nitrogens with one attached hydrogen (secondary N) is 1. The van der Waals surface area contributed by atoms with E-state index in [1.165, 1.54) is 0 Å². The Morgan fingerprint density at radius 1 is 1.27 bits per heavy atom. The van der Waals surface area contributed by atoms with E-state index in [9.17, 15) is 4.79 Å². The first-order chi connectivity index (χ1) is 6.90. The van der Waals surface area contributed by atoms with Gasteiger partial charge in [0.15, 0.2) is 0 Å². The maximum atomic E-state index is 11.5. The molecule has 0 spiro atoms. The van der Waals surface area contributed by atoms with Crippen LogP contribution in [0, 0.1) is 0 Å². The summed E-state index contributed by atoms with van der Waals surface area (Å²) in [5.41, 5.74) is 1.62. The van der Waals surface area contributed by atoms with Gasteiger partial charge in [0, 0.05) is 17.5 Å². The molecule has 0 saturated carbocycles. The van der Waals surface area contributed by atoms with Gasteiger partial charge in [-0.1, -0.05) is 37.0 Å². The van der Waals surface area contributed by atoms with E-state index in [1.807, 2.05) is 19.9 Å². The summed E-state index contributed by atoms with van der Waals surface area (Å²) in [5.74, 6) is 0.0193. The Morgan fingerprint density at radius 3 is 2.53 bits per heavy atom. The Kier molecular flexibility index (Phi) is 2.44. The molecule has 0 aliphatic carbocycles. The maximum absolute atomic E-state index is 11.5.